The molecule has 2 aromatic heterocycles. The SMILES string of the molecule is CCS(=O)c1ccc(C2=CC(c3ccccn3)=CN(c3ccccc3)C2)cn1. The van der Waals surface area contributed by atoms with Gasteiger partial charge in [0.05, 0.1) is 16.5 Å². The van der Waals surface area contributed by atoms with Crippen LogP contribution in [0, 0.1) is 0 Å². The molecule has 0 spiro atoms. The molecule has 0 saturated heterocycles. The zero-order valence-electron chi connectivity index (χ0n) is 15.7. The summed E-state index contributed by atoms with van der Waals surface area (Å²) in [5.74, 6) is 0.573. The molecule has 0 aliphatic carbocycles. The van der Waals surface area contributed by atoms with Crippen molar-refractivity contribution in [2.75, 3.05) is 17.2 Å². The van der Waals surface area contributed by atoms with Crippen LogP contribution < -0.4 is 4.90 Å². The van der Waals surface area contributed by atoms with Crippen molar-refractivity contribution in [1.29, 1.82) is 0 Å². The van der Waals surface area contributed by atoms with Gasteiger partial charge in [-0.05, 0) is 47.5 Å². The van der Waals surface area contributed by atoms with Crippen LogP contribution in [0.3, 0.4) is 0 Å². The monoisotopic (exact) mass is 387 g/mol. The first-order valence-corrected chi connectivity index (χ1v) is 10.6. The van der Waals surface area contributed by atoms with E-state index in [2.05, 4.69) is 39.3 Å². The summed E-state index contributed by atoms with van der Waals surface area (Å²) in [4.78, 5) is 11.2. The summed E-state index contributed by atoms with van der Waals surface area (Å²) in [6, 6.07) is 20.1. The first-order valence-electron chi connectivity index (χ1n) is 9.25. The Labute approximate surface area is 167 Å². The van der Waals surface area contributed by atoms with E-state index in [0.717, 1.165) is 34.6 Å². The number of nitrogens with zero attached hydrogens (tertiary/aromatic N) is 3. The number of anilines is 1. The minimum absolute atomic E-state index is 0.573. The summed E-state index contributed by atoms with van der Waals surface area (Å²) in [7, 11) is -1.04. The standard InChI is InChI=1S/C23H21N3OS/c1-2-28(27)23-12-11-18(15-25-23)19-14-20(22-10-6-7-13-24-22)17-26(16-19)21-8-4-3-5-9-21/h3-15,17H,2,16H2,1H3. The number of aromatic nitrogens is 2. The maximum absolute atomic E-state index is 12.0. The number of rotatable bonds is 5. The molecule has 1 aromatic carbocycles. The van der Waals surface area contributed by atoms with Crippen LogP contribution in [0.5, 0.6) is 0 Å². The van der Waals surface area contributed by atoms with Gasteiger partial charge in [-0.1, -0.05) is 37.3 Å². The maximum atomic E-state index is 12.0. The highest BCUT2D eigenvalue weighted by atomic mass is 32.2. The Morgan fingerprint density at radius 1 is 1.00 bits per heavy atom. The van der Waals surface area contributed by atoms with Gasteiger partial charge >= 0.3 is 0 Å². The summed E-state index contributed by atoms with van der Waals surface area (Å²) < 4.78 is 12.0. The molecule has 4 nitrogen and oxygen atoms in total. The van der Waals surface area contributed by atoms with Crippen LogP contribution in [0.1, 0.15) is 18.2 Å². The van der Waals surface area contributed by atoms with E-state index in [-0.39, 0.29) is 0 Å². The predicted octanol–water partition coefficient (Wildman–Crippen LogP) is 4.55. The van der Waals surface area contributed by atoms with Gasteiger partial charge in [0.2, 0.25) is 0 Å². The van der Waals surface area contributed by atoms with Crippen LogP contribution in [-0.4, -0.2) is 26.5 Å². The van der Waals surface area contributed by atoms with Crippen molar-refractivity contribution in [3.05, 3.63) is 96.6 Å². The molecule has 0 radical (unpaired) electrons. The van der Waals surface area contributed by atoms with Gasteiger partial charge < -0.3 is 4.90 Å². The predicted molar refractivity (Wildman–Crippen MR) is 115 cm³/mol. The second-order valence-corrected chi connectivity index (χ2v) is 8.14. The Bertz CT molecular complexity index is 1030. The fourth-order valence-electron chi connectivity index (χ4n) is 3.15. The normalized spacial score (nSPS) is 15.0. The summed E-state index contributed by atoms with van der Waals surface area (Å²) in [5.41, 5.74) is 5.27. The third kappa shape index (κ3) is 3.94. The number of benzene rings is 1. The lowest BCUT2D eigenvalue weighted by Gasteiger charge is -2.27. The highest BCUT2D eigenvalue weighted by molar-refractivity contribution is 7.84. The molecule has 1 aliphatic heterocycles. The summed E-state index contributed by atoms with van der Waals surface area (Å²) >= 11 is 0. The molecule has 1 atom stereocenters. The van der Waals surface area contributed by atoms with E-state index < -0.39 is 10.8 Å². The van der Waals surface area contributed by atoms with Crippen molar-refractivity contribution in [2.24, 2.45) is 0 Å². The van der Waals surface area contributed by atoms with Crippen molar-refractivity contribution in [2.45, 2.75) is 11.9 Å². The number of para-hydroxylation sites is 1. The van der Waals surface area contributed by atoms with Gasteiger partial charge in [0.15, 0.2) is 0 Å². The van der Waals surface area contributed by atoms with E-state index >= 15 is 0 Å². The minimum Gasteiger partial charge on any atom is -0.343 e. The summed E-state index contributed by atoms with van der Waals surface area (Å²) in [5, 5.41) is 0.628. The largest absolute Gasteiger partial charge is 0.343 e. The molecular weight excluding hydrogens is 366 g/mol. The molecule has 140 valence electrons. The molecule has 1 unspecified atom stereocenters. The van der Waals surface area contributed by atoms with Gasteiger partial charge in [-0.3, -0.25) is 9.19 Å². The maximum Gasteiger partial charge on any atom is 0.127 e. The Morgan fingerprint density at radius 3 is 2.50 bits per heavy atom. The second-order valence-electron chi connectivity index (χ2n) is 6.45. The van der Waals surface area contributed by atoms with Gasteiger partial charge in [-0.2, -0.15) is 0 Å². The third-order valence-corrected chi connectivity index (χ3v) is 5.85. The molecular formula is C23H21N3OS. The van der Waals surface area contributed by atoms with E-state index in [0.29, 0.717) is 10.8 Å². The number of allylic oxidation sites excluding steroid dienone is 2. The van der Waals surface area contributed by atoms with E-state index in [9.17, 15) is 4.21 Å². The van der Waals surface area contributed by atoms with Crippen LogP contribution >= 0.6 is 0 Å². The molecule has 5 heteroatoms. The quantitative estimate of drug-likeness (QED) is 0.644. The second kappa shape index (κ2) is 8.31. The topological polar surface area (TPSA) is 46.1 Å². The zero-order valence-corrected chi connectivity index (χ0v) is 16.5. The molecule has 0 N–H and O–H groups in total. The van der Waals surface area contributed by atoms with Gasteiger partial charge in [-0.15, -0.1) is 0 Å². The van der Waals surface area contributed by atoms with Gasteiger partial charge in [0.1, 0.15) is 5.03 Å². The summed E-state index contributed by atoms with van der Waals surface area (Å²) in [6.45, 7) is 2.63. The Hall–Kier alpha value is -3.05. The van der Waals surface area contributed by atoms with Gasteiger partial charge in [0.25, 0.3) is 0 Å². The van der Waals surface area contributed by atoms with E-state index in [1.807, 2.05) is 67.8 Å². The minimum atomic E-state index is -1.04. The lowest BCUT2D eigenvalue weighted by molar-refractivity contribution is 0.681. The molecule has 0 amide bonds. The van der Waals surface area contributed by atoms with Gasteiger partial charge in [-0.25, -0.2) is 4.98 Å². The molecule has 28 heavy (non-hydrogen) atoms. The number of pyridine rings is 2. The van der Waals surface area contributed by atoms with Crippen LogP contribution in [0.2, 0.25) is 0 Å². The van der Waals surface area contributed by atoms with E-state index in [1.165, 1.54) is 0 Å². The van der Waals surface area contributed by atoms with Crippen molar-refractivity contribution in [1.82, 2.24) is 9.97 Å². The van der Waals surface area contributed by atoms with Crippen molar-refractivity contribution >= 4 is 27.6 Å². The van der Waals surface area contributed by atoms with Crippen molar-refractivity contribution in [3.63, 3.8) is 0 Å². The molecule has 4 rings (SSSR count). The molecule has 0 saturated carbocycles. The fraction of sp³-hybridized carbons (Fsp3) is 0.130. The average Bonchev–Trinajstić information content (AvgIpc) is 2.79. The molecule has 0 fully saturated rings. The highest BCUT2D eigenvalue weighted by Crippen LogP contribution is 2.30. The lowest BCUT2D eigenvalue weighted by atomic mass is 9.99. The zero-order chi connectivity index (χ0) is 19.3. The molecule has 3 aromatic rings. The first-order chi connectivity index (χ1) is 13.7. The van der Waals surface area contributed by atoms with Crippen LogP contribution in [0.15, 0.2) is 90.4 Å². The average molecular weight is 388 g/mol. The van der Waals surface area contributed by atoms with Crippen molar-refractivity contribution in [3.8, 4) is 0 Å². The first kappa shape index (κ1) is 18.3. The van der Waals surface area contributed by atoms with E-state index in [1.54, 1.807) is 0 Å². The highest BCUT2D eigenvalue weighted by Gasteiger charge is 2.17. The third-order valence-electron chi connectivity index (χ3n) is 4.62. The van der Waals surface area contributed by atoms with Crippen LogP contribution in [0.25, 0.3) is 11.1 Å². The van der Waals surface area contributed by atoms with Crippen molar-refractivity contribution < 1.29 is 4.21 Å². The lowest BCUT2D eigenvalue weighted by Crippen LogP contribution is -2.22. The summed E-state index contributed by atoms with van der Waals surface area (Å²) in [6.07, 6.45) is 7.92. The number of hydrogen-bond acceptors (Lipinski definition) is 4. The molecule has 0 bridgehead atoms. The Balaban J connectivity index is 1.73. The molecule has 1 aliphatic rings. The van der Waals surface area contributed by atoms with Crippen LogP contribution in [-0.2, 0) is 10.8 Å². The Kier molecular flexibility index (Phi) is 5.44. The Morgan fingerprint density at radius 2 is 1.82 bits per heavy atom. The smallest absolute Gasteiger partial charge is 0.127 e. The van der Waals surface area contributed by atoms with Crippen LogP contribution in [0.4, 0.5) is 5.69 Å². The van der Waals surface area contributed by atoms with Gasteiger partial charge in [0, 0.05) is 42.2 Å². The molecule has 3 heterocycles. The van der Waals surface area contributed by atoms with E-state index in [4.69, 9.17) is 0 Å². The number of hydrogen-bond donors (Lipinski definition) is 0. The fourth-order valence-corrected chi connectivity index (χ4v) is 3.84.